The zero-order valence-electron chi connectivity index (χ0n) is 16.5. The summed E-state index contributed by atoms with van der Waals surface area (Å²) in [5, 5.41) is 16.2. The SMILES string of the molecule is O=C(NC1CCCC1)c1c(NC(=O)[C@@H]2CC=CC[C@@H]2C(=O)O)sc2c1CCCC2. The molecule has 0 bridgehead atoms. The average Bonchev–Trinajstić information content (AvgIpc) is 3.34. The first kappa shape index (κ1) is 20.1. The lowest BCUT2D eigenvalue weighted by Gasteiger charge is -2.24. The molecule has 4 rings (SSSR count). The Morgan fingerprint density at radius 2 is 1.66 bits per heavy atom. The molecule has 1 aromatic rings. The number of amides is 2. The van der Waals surface area contributed by atoms with Crippen LogP contribution < -0.4 is 10.6 Å². The summed E-state index contributed by atoms with van der Waals surface area (Å²) >= 11 is 1.49. The van der Waals surface area contributed by atoms with Crippen LogP contribution in [0.3, 0.4) is 0 Å². The van der Waals surface area contributed by atoms with Gasteiger partial charge in [0.1, 0.15) is 5.00 Å². The number of aryl methyl sites for hydroxylation is 1. The fraction of sp³-hybridized carbons (Fsp3) is 0.591. The van der Waals surface area contributed by atoms with Crippen LogP contribution in [-0.2, 0) is 22.4 Å². The summed E-state index contributed by atoms with van der Waals surface area (Å²) in [6.45, 7) is 0. The minimum atomic E-state index is -0.945. The van der Waals surface area contributed by atoms with Gasteiger partial charge in [-0.3, -0.25) is 14.4 Å². The van der Waals surface area contributed by atoms with Crippen LogP contribution in [0.1, 0.15) is 72.2 Å². The highest BCUT2D eigenvalue weighted by Crippen LogP contribution is 2.39. The van der Waals surface area contributed by atoms with Crippen molar-refractivity contribution in [3.05, 3.63) is 28.2 Å². The van der Waals surface area contributed by atoms with E-state index in [0.717, 1.165) is 56.9 Å². The summed E-state index contributed by atoms with van der Waals surface area (Å²) in [7, 11) is 0. The molecular formula is C22H28N2O4S. The number of carboxylic acids is 1. The van der Waals surface area contributed by atoms with Crippen LogP contribution in [0.25, 0.3) is 0 Å². The molecule has 3 aliphatic carbocycles. The Bertz CT molecular complexity index is 838. The van der Waals surface area contributed by atoms with E-state index in [1.54, 1.807) is 0 Å². The maximum absolute atomic E-state index is 13.1. The number of allylic oxidation sites excluding steroid dienone is 2. The topological polar surface area (TPSA) is 95.5 Å². The Morgan fingerprint density at radius 3 is 2.38 bits per heavy atom. The molecular weight excluding hydrogens is 388 g/mol. The third kappa shape index (κ3) is 4.25. The Balaban J connectivity index is 1.58. The molecule has 0 saturated heterocycles. The van der Waals surface area contributed by atoms with Crippen molar-refractivity contribution in [1.29, 1.82) is 0 Å². The molecule has 0 aliphatic heterocycles. The van der Waals surface area contributed by atoms with Gasteiger partial charge in [0.2, 0.25) is 5.91 Å². The van der Waals surface area contributed by atoms with E-state index < -0.39 is 17.8 Å². The fourth-order valence-electron chi connectivity index (χ4n) is 4.80. The smallest absolute Gasteiger partial charge is 0.307 e. The first-order valence-electron chi connectivity index (χ1n) is 10.7. The van der Waals surface area contributed by atoms with Crippen LogP contribution >= 0.6 is 11.3 Å². The average molecular weight is 417 g/mol. The molecule has 7 heteroatoms. The highest BCUT2D eigenvalue weighted by molar-refractivity contribution is 7.17. The van der Waals surface area contributed by atoms with Crippen LogP contribution in [0.4, 0.5) is 5.00 Å². The molecule has 1 saturated carbocycles. The largest absolute Gasteiger partial charge is 0.481 e. The van der Waals surface area contributed by atoms with E-state index in [2.05, 4.69) is 10.6 Å². The summed E-state index contributed by atoms with van der Waals surface area (Å²) < 4.78 is 0. The maximum atomic E-state index is 13.1. The molecule has 0 aromatic carbocycles. The van der Waals surface area contributed by atoms with Crippen molar-refractivity contribution in [3.63, 3.8) is 0 Å². The van der Waals surface area contributed by atoms with Crippen molar-refractivity contribution < 1.29 is 19.5 Å². The number of fused-ring (bicyclic) bond motifs is 1. The summed E-state index contributed by atoms with van der Waals surface area (Å²) in [4.78, 5) is 38.9. The number of rotatable bonds is 5. The Hall–Kier alpha value is -2.15. The van der Waals surface area contributed by atoms with Crippen LogP contribution in [0.2, 0.25) is 0 Å². The van der Waals surface area contributed by atoms with Crippen LogP contribution in [-0.4, -0.2) is 28.9 Å². The van der Waals surface area contributed by atoms with Gasteiger partial charge in [-0.25, -0.2) is 0 Å². The van der Waals surface area contributed by atoms with Crippen LogP contribution in [0, 0.1) is 11.8 Å². The Morgan fingerprint density at radius 1 is 0.966 bits per heavy atom. The van der Waals surface area contributed by atoms with E-state index in [9.17, 15) is 19.5 Å². The molecule has 29 heavy (non-hydrogen) atoms. The summed E-state index contributed by atoms with van der Waals surface area (Å²) in [5.74, 6) is -2.66. The molecule has 3 N–H and O–H groups in total. The number of aliphatic carboxylic acids is 1. The standard InChI is InChI=1S/C22H28N2O4S/c25-19(14-9-3-4-10-15(14)22(27)28)24-21-18(16-11-5-6-12-17(16)29-21)20(26)23-13-7-1-2-8-13/h3-4,13-15H,1-2,5-12H2,(H,23,26)(H,24,25)(H,27,28)/t14-,15+/m1/s1. The molecule has 2 amide bonds. The minimum absolute atomic E-state index is 0.0927. The number of carboxylic acid groups (broad SMARTS) is 1. The predicted octanol–water partition coefficient (Wildman–Crippen LogP) is 3.90. The molecule has 1 heterocycles. The molecule has 2 atom stereocenters. The van der Waals surface area contributed by atoms with Crippen molar-refractivity contribution in [1.82, 2.24) is 5.32 Å². The van der Waals surface area contributed by atoms with Gasteiger partial charge in [0.25, 0.3) is 5.91 Å². The number of hydrogen-bond donors (Lipinski definition) is 3. The second-order valence-electron chi connectivity index (χ2n) is 8.35. The zero-order chi connectivity index (χ0) is 20.4. The molecule has 0 spiro atoms. The summed E-state index contributed by atoms with van der Waals surface area (Å²) in [6.07, 6.45) is 12.7. The van der Waals surface area contributed by atoms with Crippen molar-refractivity contribution in [2.24, 2.45) is 11.8 Å². The van der Waals surface area contributed by atoms with E-state index in [1.807, 2.05) is 12.2 Å². The highest BCUT2D eigenvalue weighted by Gasteiger charge is 2.35. The number of carbonyl (C=O) groups is 3. The quantitative estimate of drug-likeness (QED) is 0.634. The van der Waals surface area contributed by atoms with E-state index in [4.69, 9.17) is 0 Å². The number of nitrogens with one attached hydrogen (secondary N) is 2. The maximum Gasteiger partial charge on any atom is 0.307 e. The van der Waals surface area contributed by atoms with Crippen LogP contribution in [0.5, 0.6) is 0 Å². The van der Waals surface area contributed by atoms with E-state index >= 15 is 0 Å². The van der Waals surface area contributed by atoms with Gasteiger partial charge in [0.05, 0.1) is 17.4 Å². The van der Waals surface area contributed by atoms with Crippen molar-refractivity contribution >= 4 is 34.1 Å². The first-order chi connectivity index (χ1) is 14.0. The molecule has 1 fully saturated rings. The molecule has 156 valence electrons. The second kappa shape index (κ2) is 8.69. The normalized spacial score (nSPS) is 24.1. The lowest BCUT2D eigenvalue weighted by atomic mass is 9.82. The van der Waals surface area contributed by atoms with Gasteiger partial charge in [-0.2, -0.15) is 0 Å². The lowest BCUT2D eigenvalue weighted by molar-refractivity contribution is -0.146. The predicted molar refractivity (Wildman–Crippen MR) is 112 cm³/mol. The van der Waals surface area contributed by atoms with Gasteiger partial charge < -0.3 is 15.7 Å². The number of hydrogen-bond acceptors (Lipinski definition) is 4. The molecule has 0 unspecified atom stereocenters. The van der Waals surface area contributed by atoms with E-state index in [-0.39, 0.29) is 17.9 Å². The monoisotopic (exact) mass is 416 g/mol. The van der Waals surface area contributed by atoms with Crippen molar-refractivity contribution in [3.8, 4) is 0 Å². The molecule has 1 aromatic heterocycles. The number of thiophene rings is 1. The lowest BCUT2D eigenvalue weighted by Crippen LogP contribution is -2.36. The van der Waals surface area contributed by atoms with Crippen molar-refractivity contribution in [2.75, 3.05) is 5.32 Å². The van der Waals surface area contributed by atoms with Gasteiger partial charge in [0, 0.05) is 10.9 Å². The summed E-state index contributed by atoms with van der Waals surface area (Å²) in [6, 6.07) is 0.213. The summed E-state index contributed by atoms with van der Waals surface area (Å²) in [5.41, 5.74) is 1.69. The first-order valence-corrected chi connectivity index (χ1v) is 11.5. The highest BCUT2D eigenvalue weighted by atomic mass is 32.1. The van der Waals surface area contributed by atoms with Gasteiger partial charge in [-0.05, 0) is 56.9 Å². The third-order valence-corrected chi connectivity index (χ3v) is 7.62. The van der Waals surface area contributed by atoms with Crippen molar-refractivity contribution in [2.45, 2.75) is 70.3 Å². The molecule has 0 radical (unpaired) electrons. The van der Waals surface area contributed by atoms with E-state index in [0.29, 0.717) is 23.4 Å². The number of anilines is 1. The Kier molecular flexibility index (Phi) is 6.04. The van der Waals surface area contributed by atoms with Gasteiger partial charge in [-0.15, -0.1) is 11.3 Å². The minimum Gasteiger partial charge on any atom is -0.481 e. The third-order valence-electron chi connectivity index (χ3n) is 6.41. The number of carbonyl (C=O) groups excluding carboxylic acids is 2. The van der Waals surface area contributed by atoms with Gasteiger partial charge in [-0.1, -0.05) is 25.0 Å². The molecule has 3 aliphatic rings. The second-order valence-corrected chi connectivity index (χ2v) is 9.46. The molecule has 6 nitrogen and oxygen atoms in total. The van der Waals surface area contributed by atoms with E-state index in [1.165, 1.54) is 16.2 Å². The van der Waals surface area contributed by atoms with Crippen LogP contribution in [0.15, 0.2) is 12.2 Å². The fourth-order valence-corrected chi connectivity index (χ4v) is 6.09. The van der Waals surface area contributed by atoms with Gasteiger partial charge >= 0.3 is 5.97 Å². The zero-order valence-corrected chi connectivity index (χ0v) is 17.4. The Labute approximate surface area is 174 Å². The van der Waals surface area contributed by atoms with Gasteiger partial charge in [0.15, 0.2) is 0 Å².